The highest BCUT2D eigenvalue weighted by Crippen LogP contribution is 2.41. The second-order valence-corrected chi connectivity index (χ2v) is 20.6. The summed E-state index contributed by atoms with van der Waals surface area (Å²) in [7, 11) is -1.17. The Labute approximate surface area is 619 Å². The summed E-state index contributed by atoms with van der Waals surface area (Å²) in [4.78, 5) is 0. The van der Waals surface area contributed by atoms with Crippen LogP contribution in [0.3, 0.4) is 0 Å². The molecule has 0 spiro atoms. The molecule has 540 valence electrons. The van der Waals surface area contributed by atoms with Gasteiger partial charge in [0.1, 0.15) is 0 Å². The van der Waals surface area contributed by atoms with Crippen molar-refractivity contribution in [2.75, 3.05) is 5.83 Å². The highest BCUT2D eigenvalue weighted by molar-refractivity contribution is 9.08. The predicted octanol–water partition coefficient (Wildman–Crippen LogP) is 28.5. The van der Waals surface area contributed by atoms with Gasteiger partial charge in [-0.3, -0.25) is 0 Å². The number of fused-ring (bicyclic) bond motifs is 18. The lowest BCUT2D eigenvalue weighted by molar-refractivity contribution is 0.417. The molecule has 0 aliphatic heterocycles. The van der Waals surface area contributed by atoms with Crippen LogP contribution in [0.15, 0.2) is 218 Å². The summed E-state index contributed by atoms with van der Waals surface area (Å²) in [6.07, 6.45) is 6.44. The quantitative estimate of drug-likeness (QED) is 0.134. The van der Waals surface area contributed by atoms with Gasteiger partial charge in [-0.25, -0.2) is 0 Å². The number of nitrogens with zero attached hydrogens (tertiary/aromatic N) is 2. The minimum atomic E-state index is -1.17. The van der Waals surface area contributed by atoms with Crippen molar-refractivity contribution in [1.29, 1.82) is 0 Å². The monoisotopic (exact) mass is 1410 g/mol. The second-order valence-electron chi connectivity index (χ2n) is 20.6. The van der Waals surface area contributed by atoms with Crippen LogP contribution < -0.4 is 0 Å². The van der Waals surface area contributed by atoms with E-state index in [-0.39, 0.29) is 0 Å². The molecule has 0 radical (unpaired) electrons. The first-order valence-corrected chi connectivity index (χ1v) is 40.2. The van der Waals surface area contributed by atoms with Gasteiger partial charge in [0, 0.05) is 58.5 Å². The van der Waals surface area contributed by atoms with E-state index in [4.69, 9.17) is 10.0 Å². The molecule has 0 saturated carbocycles. The molecule has 0 bridgehead atoms. The van der Waals surface area contributed by atoms with E-state index in [1.54, 1.807) is 0 Å². The van der Waals surface area contributed by atoms with E-state index in [1.807, 2.05) is 158 Å². The van der Waals surface area contributed by atoms with Gasteiger partial charge in [0.15, 0.2) is 0 Å². The first-order valence-electron chi connectivity index (χ1n) is 38.6. The average Bonchev–Trinajstić information content (AvgIpc) is 1.56. The molecule has 0 unspecified atom stereocenters. The zero-order chi connectivity index (χ0) is 75.7. The Bertz CT molecular complexity index is 3760. The Morgan fingerprint density at radius 1 is 0.260 bits per heavy atom. The number of hydrogen-bond acceptors (Lipinski definition) is 2. The molecule has 0 atom stereocenters. The highest BCUT2D eigenvalue weighted by atomic mass is 79.9. The molecule has 4 aliphatic rings. The van der Waals surface area contributed by atoms with Crippen LogP contribution in [0.1, 0.15) is 233 Å². The fourth-order valence-electron chi connectivity index (χ4n) is 12.7. The Kier molecular flexibility index (Phi) is 49.9. The Morgan fingerprint density at radius 2 is 0.460 bits per heavy atom. The molecule has 0 saturated heterocycles. The summed E-state index contributed by atoms with van der Waals surface area (Å²) >= 11 is 2.94. The zero-order valence-electron chi connectivity index (χ0n) is 67.2. The largest absolute Gasteiger partial charge is 0.448 e. The molecule has 6 heteroatoms. The number of aryl methyl sites for hydroxylation is 2. The van der Waals surface area contributed by atoms with Crippen molar-refractivity contribution < 1.29 is 10.0 Å². The number of para-hydroxylation sites is 2. The van der Waals surface area contributed by atoms with Crippen LogP contribution >= 0.6 is 15.9 Å². The number of hydrogen-bond donors (Lipinski definition) is 2. The van der Waals surface area contributed by atoms with Gasteiger partial charge in [-0.1, -0.05) is 375 Å². The van der Waals surface area contributed by atoms with Gasteiger partial charge < -0.3 is 19.2 Å². The number of alkyl halides is 1. The van der Waals surface area contributed by atoms with E-state index < -0.39 is 7.12 Å². The van der Waals surface area contributed by atoms with E-state index >= 15 is 0 Å². The van der Waals surface area contributed by atoms with Crippen LogP contribution in [0, 0.1) is 0 Å². The number of halogens is 1. The first-order chi connectivity index (χ1) is 49.4. The molecule has 0 fully saturated rings. The normalized spacial score (nSPS) is 10.3. The van der Waals surface area contributed by atoms with E-state index in [9.17, 15) is 0 Å². The SMILES string of the molecule is CB(O)O.CBr.CC.CC.CC.CC.CC.CC.CC.CC.CC.CC.CC.CCn1c2ccccc2c2ccc3c(c21)Cc1ccccc1C3.CCn1c2ccccc2c2ccc3c(c21)Cc1ccccc1C3.c1ccc2c(c1)Cc1ccccc1-2.c1ccc2c(c1)Cc1ccccc1-2. The summed E-state index contributed by atoms with van der Waals surface area (Å²) in [5.41, 5.74) is 29.1. The van der Waals surface area contributed by atoms with Crippen LogP contribution in [0.4, 0.5) is 0 Å². The lowest BCUT2D eigenvalue weighted by Gasteiger charge is -2.21. The molecule has 2 aromatic heterocycles. The Balaban J connectivity index is 0.00000119. The second kappa shape index (κ2) is 54.1. The maximum atomic E-state index is 7.61. The fraction of sp³-hybridized carbons (Fsp3) is 0.362. The Morgan fingerprint density at radius 3 is 0.710 bits per heavy atom. The van der Waals surface area contributed by atoms with Gasteiger partial charge in [0.2, 0.25) is 0 Å². The maximum Gasteiger partial charge on any atom is 0.448 e. The van der Waals surface area contributed by atoms with Crippen molar-refractivity contribution in [2.24, 2.45) is 0 Å². The van der Waals surface area contributed by atoms with Crippen molar-refractivity contribution in [3.63, 3.8) is 0 Å². The van der Waals surface area contributed by atoms with Crippen molar-refractivity contribution in [3.8, 4) is 22.3 Å². The molecular formula is C94H132BBrN2O2. The molecule has 16 rings (SSSR count). The van der Waals surface area contributed by atoms with Gasteiger partial charge >= 0.3 is 7.12 Å². The lowest BCUT2D eigenvalue weighted by atomic mass is 9.85. The molecule has 2 heterocycles. The van der Waals surface area contributed by atoms with Gasteiger partial charge in [-0.2, -0.15) is 0 Å². The van der Waals surface area contributed by atoms with Gasteiger partial charge in [-0.15, -0.1) is 0 Å². The van der Waals surface area contributed by atoms with Crippen LogP contribution in [0.25, 0.3) is 65.9 Å². The van der Waals surface area contributed by atoms with E-state index in [2.05, 4.69) is 257 Å². The molecule has 10 aromatic carbocycles. The van der Waals surface area contributed by atoms with Crippen molar-refractivity contribution >= 4 is 66.7 Å². The first kappa shape index (κ1) is 92.3. The summed E-state index contributed by atoms with van der Waals surface area (Å²) in [6.45, 7) is 51.8. The van der Waals surface area contributed by atoms with Gasteiger partial charge in [0.05, 0.1) is 11.0 Å². The molecule has 100 heavy (non-hydrogen) atoms. The molecule has 0 amide bonds. The molecule has 2 N–H and O–H groups in total. The Hall–Kier alpha value is -7.74. The van der Waals surface area contributed by atoms with Crippen LogP contribution in [0.5, 0.6) is 0 Å². The summed E-state index contributed by atoms with van der Waals surface area (Å²) in [5.74, 6) is 1.81. The highest BCUT2D eigenvalue weighted by Gasteiger charge is 2.23. The third-order valence-electron chi connectivity index (χ3n) is 16.0. The molecular weight excluding hydrogens is 1280 g/mol. The average molecular weight is 1410 g/mol. The third-order valence-corrected chi connectivity index (χ3v) is 16.0. The van der Waals surface area contributed by atoms with Crippen molar-refractivity contribution in [2.45, 2.75) is 225 Å². The van der Waals surface area contributed by atoms with Crippen LogP contribution in [-0.2, 0) is 51.6 Å². The van der Waals surface area contributed by atoms with E-state index in [0.717, 1.165) is 51.6 Å². The number of aromatic nitrogens is 2. The lowest BCUT2D eigenvalue weighted by Crippen LogP contribution is -2.09. The summed E-state index contributed by atoms with van der Waals surface area (Å²) in [6, 6.07) is 79.4. The van der Waals surface area contributed by atoms with Crippen molar-refractivity contribution in [3.05, 3.63) is 285 Å². The fourth-order valence-corrected chi connectivity index (χ4v) is 12.7. The third kappa shape index (κ3) is 23.7. The summed E-state index contributed by atoms with van der Waals surface area (Å²) < 4.78 is 4.99. The zero-order valence-corrected chi connectivity index (χ0v) is 68.8. The van der Waals surface area contributed by atoms with E-state index in [0.29, 0.717) is 0 Å². The molecule has 12 aromatic rings. The van der Waals surface area contributed by atoms with Crippen molar-refractivity contribution in [1.82, 2.24) is 9.13 Å². The van der Waals surface area contributed by atoms with Crippen LogP contribution in [-0.4, -0.2) is 32.1 Å². The maximum absolute atomic E-state index is 7.61. The van der Waals surface area contributed by atoms with Gasteiger partial charge in [-0.05, 0) is 153 Å². The predicted molar refractivity (Wildman–Crippen MR) is 459 cm³/mol. The topological polar surface area (TPSA) is 50.3 Å². The number of rotatable bonds is 2. The van der Waals surface area contributed by atoms with E-state index in [1.165, 1.54) is 139 Å². The minimum absolute atomic E-state index is 1.02. The van der Waals surface area contributed by atoms with Crippen LogP contribution in [0.2, 0.25) is 6.82 Å². The standard InChI is InChI=1S/2C22H19N.2C13H10.11C2H6.CH5BO2.CH3Br/c2*1-2-23-21-10-6-5-9-18(21)19-12-11-17-13-15-7-3-4-8-16(15)14-20(17)22(19)23;2*1-3-7-12-10(5-1)9-11-6-2-4-8-13(11)12;11*1-2;1-2(3)4;1-2/h2*3-12H,2,13-14H2,1H3;2*1-8H,9H2;11*1-2H3;3-4H,1H3;1H3. The minimum Gasteiger partial charge on any atom is -0.427 e. The molecule has 4 nitrogen and oxygen atoms in total. The summed E-state index contributed by atoms with van der Waals surface area (Å²) in [5, 5.41) is 20.8. The van der Waals surface area contributed by atoms with Gasteiger partial charge in [0.25, 0.3) is 0 Å². The molecule has 4 aliphatic carbocycles. The number of benzene rings is 10. The smallest absolute Gasteiger partial charge is 0.427 e.